The SMILES string of the molecule is Nc1cccc(OCOc2ccccc2N)c1. The summed E-state index contributed by atoms with van der Waals surface area (Å²) in [6, 6.07) is 14.4. The van der Waals surface area contributed by atoms with Crippen LogP contribution >= 0.6 is 0 Å². The van der Waals surface area contributed by atoms with E-state index in [1.807, 2.05) is 24.3 Å². The molecule has 0 fully saturated rings. The van der Waals surface area contributed by atoms with Gasteiger partial charge < -0.3 is 20.9 Å². The monoisotopic (exact) mass is 230 g/mol. The summed E-state index contributed by atoms with van der Waals surface area (Å²) in [7, 11) is 0. The smallest absolute Gasteiger partial charge is 0.230 e. The quantitative estimate of drug-likeness (QED) is 0.624. The molecule has 0 aliphatic carbocycles. The van der Waals surface area contributed by atoms with E-state index in [9.17, 15) is 0 Å². The number of ether oxygens (including phenoxy) is 2. The van der Waals surface area contributed by atoms with E-state index >= 15 is 0 Å². The molecule has 0 saturated carbocycles. The van der Waals surface area contributed by atoms with Crippen molar-refractivity contribution >= 4 is 11.4 Å². The zero-order valence-corrected chi connectivity index (χ0v) is 9.30. The maximum atomic E-state index is 5.72. The molecule has 0 aliphatic rings. The number of benzene rings is 2. The van der Waals surface area contributed by atoms with E-state index in [1.165, 1.54) is 0 Å². The second kappa shape index (κ2) is 5.12. The highest BCUT2D eigenvalue weighted by Gasteiger charge is 1.99. The van der Waals surface area contributed by atoms with E-state index in [2.05, 4.69) is 0 Å². The summed E-state index contributed by atoms with van der Waals surface area (Å²) in [5.41, 5.74) is 12.6. The number of anilines is 2. The first-order chi connectivity index (χ1) is 8.25. The topological polar surface area (TPSA) is 70.5 Å². The Kier molecular flexibility index (Phi) is 3.35. The summed E-state index contributed by atoms with van der Waals surface area (Å²) >= 11 is 0. The van der Waals surface area contributed by atoms with Crippen molar-refractivity contribution < 1.29 is 9.47 Å². The van der Waals surface area contributed by atoms with Crippen molar-refractivity contribution in [3.8, 4) is 11.5 Å². The van der Waals surface area contributed by atoms with Gasteiger partial charge in [0, 0.05) is 11.8 Å². The molecule has 17 heavy (non-hydrogen) atoms. The number of para-hydroxylation sites is 2. The average molecular weight is 230 g/mol. The molecule has 4 nitrogen and oxygen atoms in total. The van der Waals surface area contributed by atoms with E-state index in [0.29, 0.717) is 22.9 Å². The van der Waals surface area contributed by atoms with Crippen LogP contribution in [0.15, 0.2) is 48.5 Å². The second-order valence-electron chi connectivity index (χ2n) is 3.52. The normalized spacial score (nSPS) is 9.88. The van der Waals surface area contributed by atoms with E-state index in [4.69, 9.17) is 20.9 Å². The van der Waals surface area contributed by atoms with Gasteiger partial charge in [-0.15, -0.1) is 0 Å². The Morgan fingerprint density at radius 1 is 0.882 bits per heavy atom. The van der Waals surface area contributed by atoms with Crippen LogP contribution in [-0.2, 0) is 0 Å². The highest BCUT2D eigenvalue weighted by atomic mass is 16.7. The Bertz CT molecular complexity index is 500. The zero-order valence-electron chi connectivity index (χ0n) is 9.30. The summed E-state index contributed by atoms with van der Waals surface area (Å²) in [5.74, 6) is 1.27. The molecule has 2 aromatic rings. The van der Waals surface area contributed by atoms with Crippen molar-refractivity contribution in [2.75, 3.05) is 18.3 Å². The molecule has 0 atom stereocenters. The van der Waals surface area contributed by atoms with Crippen molar-refractivity contribution in [3.05, 3.63) is 48.5 Å². The van der Waals surface area contributed by atoms with Gasteiger partial charge in [0.1, 0.15) is 11.5 Å². The summed E-state index contributed by atoms with van der Waals surface area (Å²) in [4.78, 5) is 0. The van der Waals surface area contributed by atoms with Gasteiger partial charge in [0.05, 0.1) is 5.69 Å². The lowest BCUT2D eigenvalue weighted by molar-refractivity contribution is 0.120. The number of nitrogens with two attached hydrogens (primary N) is 2. The van der Waals surface area contributed by atoms with E-state index in [1.54, 1.807) is 24.3 Å². The Labute approximate surface area is 99.8 Å². The molecule has 0 spiro atoms. The van der Waals surface area contributed by atoms with E-state index in [0.717, 1.165) is 0 Å². The van der Waals surface area contributed by atoms with Crippen LogP contribution in [0.25, 0.3) is 0 Å². The maximum Gasteiger partial charge on any atom is 0.230 e. The molecule has 0 amide bonds. The van der Waals surface area contributed by atoms with Crippen molar-refractivity contribution in [1.29, 1.82) is 0 Å². The van der Waals surface area contributed by atoms with Crippen LogP contribution in [0.3, 0.4) is 0 Å². The van der Waals surface area contributed by atoms with E-state index in [-0.39, 0.29) is 6.79 Å². The van der Waals surface area contributed by atoms with Crippen LogP contribution in [0.5, 0.6) is 11.5 Å². The molecule has 0 radical (unpaired) electrons. The number of hydrogen-bond acceptors (Lipinski definition) is 4. The Hall–Kier alpha value is -2.36. The highest BCUT2D eigenvalue weighted by molar-refractivity contribution is 5.51. The van der Waals surface area contributed by atoms with Crippen LogP contribution in [0.1, 0.15) is 0 Å². The third-order valence-corrected chi connectivity index (χ3v) is 2.22. The van der Waals surface area contributed by atoms with Crippen molar-refractivity contribution in [3.63, 3.8) is 0 Å². The van der Waals surface area contributed by atoms with E-state index < -0.39 is 0 Å². The second-order valence-corrected chi connectivity index (χ2v) is 3.52. The van der Waals surface area contributed by atoms with Crippen LogP contribution in [-0.4, -0.2) is 6.79 Å². The predicted octanol–water partition coefficient (Wildman–Crippen LogP) is 2.27. The Balaban J connectivity index is 1.90. The number of rotatable bonds is 4. The van der Waals surface area contributed by atoms with Gasteiger partial charge in [-0.05, 0) is 24.3 Å². The first kappa shape index (κ1) is 11.1. The molecule has 0 bridgehead atoms. The third kappa shape index (κ3) is 3.04. The highest BCUT2D eigenvalue weighted by Crippen LogP contribution is 2.20. The number of nitrogen functional groups attached to an aromatic ring is 2. The summed E-state index contributed by atoms with van der Waals surface area (Å²) < 4.78 is 10.8. The number of hydrogen-bond donors (Lipinski definition) is 2. The minimum atomic E-state index is 0.0949. The molecule has 0 heterocycles. The van der Waals surface area contributed by atoms with Gasteiger partial charge in [0.25, 0.3) is 0 Å². The molecule has 4 heteroatoms. The molecular formula is C13H14N2O2. The van der Waals surface area contributed by atoms with Gasteiger partial charge in [-0.2, -0.15) is 0 Å². The molecule has 0 unspecified atom stereocenters. The summed E-state index contributed by atoms with van der Waals surface area (Å²) in [5, 5.41) is 0. The van der Waals surface area contributed by atoms with Crippen LogP contribution in [0.4, 0.5) is 11.4 Å². The zero-order chi connectivity index (χ0) is 12.1. The van der Waals surface area contributed by atoms with Crippen LogP contribution in [0, 0.1) is 0 Å². The lowest BCUT2D eigenvalue weighted by Crippen LogP contribution is -2.07. The first-order valence-electron chi connectivity index (χ1n) is 5.21. The molecule has 0 aromatic heterocycles. The minimum Gasteiger partial charge on any atom is -0.457 e. The average Bonchev–Trinajstić information content (AvgIpc) is 2.32. The van der Waals surface area contributed by atoms with Gasteiger partial charge in [-0.3, -0.25) is 0 Å². The van der Waals surface area contributed by atoms with Crippen LogP contribution < -0.4 is 20.9 Å². The van der Waals surface area contributed by atoms with Gasteiger partial charge >= 0.3 is 0 Å². The predicted molar refractivity (Wildman–Crippen MR) is 67.8 cm³/mol. The lowest BCUT2D eigenvalue weighted by Gasteiger charge is -2.10. The molecule has 0 saturated heterocycles. The Morgan fingerprint density at radius 3 is 2.47 bits per heavy atom. The fourth-order valence-electron chi connectivity index (χ4n) is 1.38. The third-order valence-electron chi connectivity index (χ3n) is 2.22. The molecule has 4 N–H and O–H groups in total. The van der Waals surface area contributed by atoms with Crippen molar-refractivity contribution in [2.45, 2.75) is 0 Å². The van der Waals surface area contributed by atoms with Crippen molar-refractivity contribution in [2.24, 2.45) is 0 Å². The molecule has 88 valence electrons. The Morgan fingerprint density at radius 2 is 1.71 bits per heavy atom. The molecule has 0 aliphatic heterocycles. The lowest BCUT2D eigenvalue weighted by atomic mass is 10.3. The standard InChI is InChI=1S/C13H14N2O2/c14-10-4-3-5-11(8-10)16-9-17-13-7-2-1-6-12(13)15/h1-8H,9,14-15H2. The van der Waals surface area contributed by atoms with Crippen LogP contribution in [0.2, 0.25) is 0 Å². The van der Waals surface area contributed by atoms with Gasteiger partial charge in [0.15, 0.2) is 0 Å². The largest absolute Gasteiger partial charge is 0.457 e. The van der Waals surface area contributed by atoms with Gasteiger partial charge in [0.2, 0.25) is 6.79 Å². The molecule has 2 rings (SSSR count). The fraction of sp³-hybridized carbons (Fsp3) is 0.0769. The van der Waals surface area contributed by atoms with Crippen molar-refractivity contribution in [1.82, 2.24) is 0 Å². The first-order valence-corrected chi connectivity index (χ1v) is 5.21. The molecular weight excluding hydrogens is 216 g/mol. The fourth-order valence-corrected chi connectivity index (χ4v) is 1.38. The minimum absolute atomic E-state index is 0.0949. The van der Waals surface area contributed by atoms with Gasteiger partial charge in [-0.25, -0.2) is 0 Å². The summed E-state index contributed by atoms with van der Waals surface area (Å²) in [6.45, 7) is 0.0949. The molecule has 2 aromatic carbocycles. The summed E-state index contributed by atoms with van der Waals surface area (Å²) in [6.07, 6.45) is 0. The van der Waals surface area contributed by atoms with Gasteiger partial charge in [-0.1, -0.05) is 18.2 Å². The maximum absolute atomic E-state index is 5.72.